The number of thiophene rings is 1. The number of benzene rings is 1. The minimum absolute atomic E-state index is 0.00413. The van der Waals surface area contributed by atoms with Gasteiger partial charge in [0, 0.05) is 24.5 Å². The van der Waals surface area contributed by atoms with E-state index in [1.54, 1.807) is 27.8 Å². The second-order valence-electron chi connectivity index (χ2n) is 9.63. The van der Waals surface area contributed by atoms with Crippen molar-refractivity contribution in [3.05, 3.63) is 46.3 Å². The summed E-state index contributed by atoms with van der Waals surface area (Å²) in [5.41, 5.74) is 2.37. The maximum absolute atomic E-state index is 13.2. The summed E-state index contributed by atoms with van der Waals surface area (Å²) in [5, 5.41) is 0.917. The molecule has 0 bridgehead atoms. The average molecular weight is 463 g/mol. The molecule has 0 radical (unpaired) electrons. The Morgan fingerprint density at radius 1 is 1.06 bits per heavy atom. The first kappa shape index (κ1) is 22.8. The Morgan fingerprint density at radius 3 is 2.45 bits per heavy atom. The van der Waals surface area contributed by atoms with Crippen LogP contribution in [0, 0.1) is 0 Å². The first-order valence-electron chi connectivity index (χ1n) is 11.3. The van der Waals surface area contributed by atoms with Crippen LogP contribution in [0.3, 0.4) is 0 Å². The third-order valence-corrected chi connectivity index (χ3v) is 9.18. The molecule has 1 saturated heterocycles. The molecule has 0 N–H and O–H groups in total. The fourth-order valence-electron chi connectivity index (χ4n) is 4.29. The first-order chi connectivity index (χ1) is 14.7. The van der Waals surface area contributed by atoms with E-state index in [0.717, 1.165) is 41.5 Å². The average Bonchev–Trinajstić information content (AvgIpc) is 3.39. The second kappa shape index (κ2) is 9.22. The second-order valence-corrected chi connectivity index (χ2v) is 12.7. The Balaban J connectivity index is 1.36. The first-order valence-corrected chi connectivity index (χ1v) is 13.6. The highest BCUT2D eigenvalue weighted by atomic mass is 32.2. The Bertz CT molecular complexity index is 985. The van der Waals surface area contributed by atoms with Crippen molar-refractivity contribution in [2.75, 3.05) is 32.8 Å². The van der Waals surface area contributed by atoms with Crippen molar-refractivity contribution in [3.63, 3.8) is 0 Å². The maximum atomic E-state index is 13.2. The third kappa shape index (κ3) is 5.33. The summed E-state index contributed by atoms with van der Waals surface area (Å²) in [6.07, 6.45) is 4.41. The summed E-state index contributed by atoms with van der Waals surface area (Å²) in [7, 11) is -3.49. The van der Waals surface area contributed by atoms with Crippen molar-refractivity contribution >= 4 is 21.4 Å². The van der Waals surface area contributed by atoms with Gasteiger partial charge in [-0.1, -0.05) is 32.9 Å². The molecule has 0 unspecified atom stereocenters. The van der Waals surface area contributed by atoms with Crippen molar-refractivity contribution in [1.82, 2.24) is 9.21 Å². The standard InChI is InChI=1S/C24H34N2O3S2/c1-24(2,3)20-7-9-21(10-8-20)31(27,28)26-15-11-19-17-23(30-22(19)18-26)29-16-6-14-25-12-4-5-13-25/h7-10,17H,4-6,11-16,18H2,1-3H3. The SMILES string of the molecule is CC(C)(C)c1ccc(S(=O)(=O)N2CCc3cc(OCCCN4CCCC4)sc3C2)cc1. The van der Waals surface area contributed by atoms with Gasteiger partial charge in [-0.05, 0) is 73.5 Å². The lowest BCUT2D eigenvalue weighted by Crippen LogP contribution is -2.35. The van der Waals surface area contributed by atoms with Crippen LogP contribution in [-0.2, 0) is 28.4 Å². The van der Waals surface area contributed by atoms with Gasteiger partial charge in [-0.3, -0.25) is 0 Å². The summed E-state index contributed by atoms with van der Waals surface area (Å²) in [5.74, 6) is 0. The van der Waals surface area contributed by atoms with Gasteiger partial charge in [0.05, 0.1) is 11.5 Å². The highest BCUT2D eigenvalue weighted by molar-refractivity contribution is 7.89. The normalized spacial score (nSPS) is 18.3. The Kier molecular flexibility index (Phi) is 6.77. The van der Waals surface area contributed by atoms with Gasteiger partial charge in [-0.15, -0.1) is 11.3 Å². The lowest BCUT2D eigenvalue weighted by molar-refractivity contribution is 0.268. The molecule has 31 heavy (non-hydrogen) atoms. The number of ether oxygens (including phenoxy) is 1. The summed E-state index contributed by atoms with van der Waals surface area (Å²) in [6, 6.07) is 9.46. The van der Waals surface area contributed by atoms with E-state index < -0.39 is 10.0 Å². The van der Waals surface area contributed by atoms with E-state index in [2.05, 4.69) is 31.7 Å². The van der Waals surface area contributed by atoms with Crippen LogP contribution < -0.4 is 4.74 Å². The molecule has 2 aromatic rings. The number of hydrogen-bond acceptors (Lipinski definition) is 5. The molecule has 170 valence electrons. The molecule has 4 rings (SSSR count). The monoisotopic (exact) mass is 462 g/mol. The van der Waals surface area contributed by atoms with Crippen molar-refractivity contribution < 1.29 is 13.2 Å². The zero-order valence-electron chi connectivity index (χ0n) is 18.9. The van der Waals surface area contributed by atoms with Crippen LogP contribution in [0.4, 0.5) is 0 Å². The summed E-state index contributed by atoms with van der Waals surface area (Å²) in [6.45, 7) is 11.6. The van der Waals surface area contributed by atoms with Gasteiger partial charge < -0.3 is 9.64 Å². The van der Waals surface area contributed by atoms with E-state index in [9.17, 15) is 8.42 Å². The Hall–Kier alpha value is -1.41. The third-order valence-electron chi connectivity index (χ3n) is 6.24. The van der Waals surface area contributed by atoms with Gasteiger partial charge >= 0.3 is 0 Å². The highest BCUT2D eigenvalue weighted by Crippen LogP contribution is 2.35. The quantitative estimate of drug-likeness (QED) is 0.562. The van der Waals surface area contributed by atoms with Gasteiger partial charge in [0.1, 0.15) is 0 Å². The molecule has 3 heterocycles. The van der Waals surface area contributed by atoms with Crippen LogP contribution in [0.15, 0.2) is 35.2 Å². The van der Waals surface area contributed by atoms with E-state index in [1.165, 1.54) is 31.5 Å². The van der Waals surface area contributed by atoms with E-state index >= 15 is 0 Å². The summed E-state index contributed by atoms with van der Waals surface area (Å²) < 4.78 is 34.0. The topological polar surface area (TPSA) is 49.9 Å². The predicted molar refractivity (Wildman–Crippen MR) is 127 cm³/mol. The molecular weight excluding hydrogens is 428 g/mol. The van der Waals surface area contributed by atoms with Crippen molar-refractivity contribution in [1.29, 1.82) is 0 Å². The molecule has 1 aromatic heterocycles. The van der Waals surface area contributed by atoms with Gasteiger partial charge in [0.25, 0.3) is 0 Å². The number of rotatable bonds is 7. The van der Waals surface area contributed by atoms with Crippen molar-refractivity contribution in [2.45, 2.75) is 63.3 Å². The zero-order valence-corrected chi connectivity index (χ0v) is 20.5. The van der Waals surface area contributed by atoms with Gasteiger partial charge in [0.2, 0.25) is 10.0 Å². The fourth-order valence-corrected chi connectivity index (χ4v) is 6.88. The molecule has 0 saturated carbocycles. The summed E-state index contributed by atoms with van der Waals surface area (Å²) >= 11 is 1.60. The minimum atomic E-state index is -3.49. The van der Waals surface area contributed by atoms with Gasteiger partial charge in [-0.2, -0.15) is 4.31 Å². The molecule has 0 amide bonds. The van der Waals surface area contributed by atoms with Crippen LogP contribution in [-0.4, -0.2) is 50.4 Å². The predicted octanol–water partition coefficient (Wildman–Crippen LogP) is 4.66. The molecule has 0 spiro atoms. The maximum Gasteiger partial charge on any atom is 0.243 e. The number of likely N-dealkylation sites (tertiary alicyclic amines) is 1. The number of nitrogens with zero attached hydrogens (tertiary/aromatic N) is 2. The number of hydrogen-bond donors (Lipinski definition) is 0. The smallest absolute Gasteiger partial charge is 0.243 e. The van der Waals surface area contributed by atoms with Gasteiger partial charge in [0.15, 0.2) is 5.06 Å². The molecule has 2 aliphatic heterocycles. The Labute approximate surface area is 191 Å². The zero-order chi connectivity index (χ0) is 22.1. The molecule has 2 aliphatic rings. The Morgan fingerprint density at radius 2 is 1.77 bits per heavy atom. The number of fused-ring (bicyclic) bond motifs is 1. The lowest BCUT2D eigenvalue weighted by Gasteiger charge is -2.26. The highest BCUT2D eigenvalue weighted by Gasteiger charge is 2.30. The van der Waals surface area contributed by atoms with Gasteiger partial charge in [-0.25, -0.2) is 8.42 Å². The van der Waals surface area contributed by atoms with Crippen molar-refractivity contribution in [2.24, 2.45) is 0 Å². The molecule has 5 nitrogen and oxygen atoms in total. The van der Waals surface area contributed by atoms with E-state index in [-0.39, 0.29) is 5.41 Å². The molecule has 0 atom stereocenters. The largest absolute Gasteiger partial charge is 0.484 e. The molecule has 0 aliphatic carbocycles. The van der Waals surface area contributed by atoms with Crippen LogP contribution in [0.2, 0.25) is 0 Å². The van der Waals surface area contributed by atoms with E-state index in [0.29, 0.717) is 18.0 Å². The molecule has 1 fully saturated rings. The van der Waals surface area contributed by atoms with Crippen LogP contribution >= 0.6 is 11.3 Å². The molecule has 7 heteroatoms. The van der Waals surface area contributed by atoms with Crippen LogP contribution in [0.25, 0.3) is 0 Å². The number of sulfonamides is 1. The molecular formula is C24H34N2O3S2. The minimum Gasteiger partial charge on any atom is -0.484 e. The summed E-state index contributed by atoms with van der Waals surface area (Å²) in [4.78, 5) is 3.98. The van der Waals surface area contributed by atoms with E-state index in [4.69, 9.17) is 4.74 Å². The molecule has 1 aromatic carbocycles. The van der Waals surface area contributed by atoms with Crippen molar-refractivity contribution in [3.8, 4) is 5.06 Å². The van der Waals surface area contributed by atoms with Crippen LogP contribution in [0.5, 0.6) is 5.06 Å². The van der Waals surface area contributed by atoms with Crippen LogP contribution in [0.1, 0.15) is 56.0 Å². The fraction of sp³-hybridized carbons (Fsp3) is 0.583. The van der Waals surface area contributed by atoms with E-state index in [1.807, 2.05) is 12.1 Å². The lowest BCUT2D eigenvalue weighted by atomic mass is 9.87.